The van der Waals surface area contributed by atoms with E-state index in [1.54, 1.807) is 12.1 Å². The second-order valence-corrected chi connectivity index (χ2v) is 7.06. The lowest BCUT2D eigenvalue weighted by Gasteiger charge is -2.26. The van der Waals surface area contributed by atoms with E-state index in [1.165, 1.54) is 6.07 Å². The van der Waals surface area contributed by atoms with Gasteiger partial charge in [-0.3, -0.25) is 20.3 Å². The molecule has 0 bridgehead atoms. The van der Waals surface area contributed by atoms with Crippen LogP contribution in [0.15, 0.2) is 23.3 Å². The number of urea groups is 1. The Hall–Kier alpha value is -2.65. The summed E-state index contributed by atoms with van der Waals surface area (Å²) in [7, 11) is 0. The van der Waals surface area contributed by atoms with Crippen LogP contribution in [0.2, 0.25) is 10.0 Å². The summed E-state index contributed by atoms with van der Waals surface area (Å²) in [6.07, 6.45) is 2.33. The number of rotatable bonds is 7. The molecule has 2 aliphatic rings. The topological polar surface area (TPSA) is 136 Å². The summed E-state index contributed by atoms with van der Waals surface area (Å²) in [6, 6.07) is 4.09. The summed E-state index contributed by atoms with van der Waals surface area (Å²) in [4.78, 5) is 36.0. The molecule has 1 aromatic carbocycles. The van der Waals surface area contributed by atoms with Crippen LogP contribution in [-0.2, 0) is 9.59 Å². The number of imide groups is 1. The number of hydrazone groups is 1. The fraction of sp³-hybridized carbons (Fsp3) is 0.312. The minimum Gasteiger partial charge on any atom is -0.348 e. The molecule has 4 amide bonds. The van der Waals surface area contributed by atoms with Gasteiger partial charge in [0.15, 0.2) is 5.71 Å². The Kier molecular flexibility index (Phi) is 5.33. The van der Waals surface area contributed by atoms with E-state index >= 15 is 0 Å². The summed E-state index contributed by atoms with van der Waals surface area (Å²) in [5.41, 5.74) is 1.62. The summed E-state index contributed by atoms with van der Waals surface area (Å²) in [6.45, 7) is -0.0946. The summed E-state index contributed by atoms with van der Waals surface area (Å²) in [5, 5.41) is 19.4. The van der Waals surface area contributed by atoms with Gasteiger partial charge >= 0.3 is 6.03 Å². The molecule has 3 rings (SSSR count). The predicted molar refractivity (Wildman–Crippen MR) is 101 cm³/mol. The van der Waals surface area contributed by atoms with Crippen molar-refractivity contribution in [2.45, 2.75) is 18.4 Å². The molecular weight excluding hydrogens is 395 g/mol. The average Bonchev–Trinajstić information content (AvgIpc) is 3.42. The molecule has 0 spiro atoms. The molecule has 0 radical (unpaired) electrons. The lowest BCUT2D eigenvalue weighted by molar-refractivity contribution is -0.125. The highest BCUT2D eigenvalue weighted by Crippen LogP contribution is 2.41. The predicted octanol–water partition coefficient (Wildman–Crippen LogP) is 1.52. The van der Waals surface area contributed by atoms with Gasteiger partial charge in [-0.1, -0.05) is 23.2 Å². The average molecular weight is 411 g/mol. The highest BCUT2D eigenvalue weighted by atomic mass is 35.5. The molecule has 1 saturated heterocycles. The van der Waals surface area contributed by atoms with Crippen molar-refractivity contribution >= 4 is 58.7 Å². The van der Waals surface area contributed by atoms with E-state index in [4.69, 9.17) is 28.6 Å². The first kappa shape index (κ1) is 19.1. The number of carbonyl (C=O) groups is 3. The smallest absolute Gasteiger partial charge is 0.322 e. The van der Waals surface area contributed by atoms with Crippen LogP contribution >= 0.6 is 23.2 Å². The van der Waals surface area contributed by atoms with Gasteiger partial charge < -0.3 is 16.0 Å². The normalized spacial score (nSPS) is 22.1. The van der Waals surface area contributed by atoms with Gasteiger partial charge in [-0.2, -0.15) is 5.10 Å². The molecule has 9 nitrogen and oxygen atoms in total. The maximum Gasteiger partial charge on any atom is 0.322 e. The first-order valence-electron chi connectivity index (χ1n) is 8.07. The van der Waals surface area contributed by atoms with Gasteiger partial charge in [-0.05, 0) is 37.0 Å². The molecule has 11 heteroatoms. The molecule has 1 atom stereocenters. The van der Waals surface area contributed by atoms with Crippen LogP contribution in [0.25, 0.3) is 0 Å². The monoisotopic (exact) mass is 410 g/mol. The van der Waals surface area contributed by atoms with Crippen LogP contribution in [0.4, 0.5) is 10.5 Å². The number of amides is 4. The molecule has 142 valence electrons. The van der Waals surface area contributed by atoms with Crippen molar-refractivity contribution in [3.8, 4) is 0 Å². The molecule has 0 aromatic heterocycles. The Balaban J connectivity index is 1.67. The van der Waals surface area contributed by atoms with E-state index < -0.39 is 23.4 Å². The number of anilines is 1. The van der Waals surface area contributed by atoms with E-state index in [0.29, 0.717) is 15.7 Å². The number of nitrogens with zero attached hydrogens (tertiary/aromatic N) is 1. The molecule has 1 saturated carbocycles. The van der Waals surface area contributed by atoms with Crippen molar-refractivity contribution in [2.24, 2.45) is 11.0 Å². The Morgan fingerprint density at radius 1 is 1.37 bits per heavy atom. The van der Waals surface area contributed by atoms with Crippen molar-refractivity contribution in [1.29, 1.82) is 5.41 Å². The van der Waals surface area contributed by atoms with Crippen molar-refractivity contribution in [1.82, 2.24) is 16.0 Å². The third-order valence-electron chi connectivity index (χ3n) is 4.37. The minimum atomic E-state index is -1.16. The van der Waals surface area contributed by atoms with Crippen LogP contribution in [-0.4, -0.2) is 41.9 Å². The third kappa shape index (κ3) is 4.04. The van der Waals surface area contributed by atoms with Crippen LogP contribution in [0.3, 0.4) is 0 Å². The molecule has 1 aromatic rings. The van der Waals surface area contributed by atoms with Crippen LogP contribution in [0.5, 0.6) is 0 Å². The standard InChI is InChI=1S/C16H16Cl2N6O3/c17-9-3-4-11(10(18)5-9)23-24-12(6-19)13(25)20-7-16(8-1-2-8)14(26)21-15(27)22-16/h3-6,8,19,23H,1-2,7H2,(H,20,25)(H2,21,22,26,27)/b19-6?,24-12+/t16-/m0/s1. The maximum absolute atomic E-state index is 12.3. The minimum absolute atomic E-state index is 0.0318. The number of halogens is 2. The van der Waals surface area contributed by atoms with E-state index in [9.17, 15) is 14.4 Å². The van der Waals surface area contributed by atoms with E-state index in [1.807, 2.05) is 0 Å². The zero-order chi connectivity index (χ0) is 19.6. The largest absolute Gasteiger partial charge is 0.348 e. The number of hydrogen-bond donors (Lipinski definition) is 5. The fourth-order valence-electron chi connectivity index (χ4n) is 2.80. The number of hydrogen-bond acceptors (Lipinski definition) is 6. The maximum atomic E-state index is 12.3. The zero-order valence-corrected chi connectivity index (χ0v) is 15.4. The van der Waals surface area contributed by atoms with Gasteiger partial charge in [0.2, 0.25) is 0 Å². The second-order valence-electron chi connectivity index (χ2n) is 6.21. The Morgan fingerprint density at radius 2 is 2.11 bits per heavy atom. The molecule has 1 aliphatic carbocycles. The Labute approximate surface area is 164 Å². The SMILES string of the molecule is N=C/C(=N\Nc1ccc(Cl)cc1Cl)C(=O)NC[C@@]1(C2CC2)NC(=O)NC1=O. The molecule has 1 heterocycles. The van der Waals surface area contributed by atoms with Crippen LogP contribution in [0.1, 0.15) is 12.8 Å². The summed E-state index contributed by atoms with van der Waals surface area (Å²) >= 11 is 11.8. The van der Waals surface area contributed by atoms with Gasteiger partial charge in [0.1, 0.15) is 5.54 Å². The first-order chi connectivity index (χ1) is 12.9. The van der Waals surface area contributed by atoms with Gasteiger partial charge in [0, 0.05) is 5.02 Å². The molecule has 1 aliphatic heterocycles. The van der Waals surface area contributed by atoms with Gasteiger partial charge in [-0.15, -0.1) is 0 Å². The lowest BCUT2D eigenvalue weighted by atomic mass is 9.93. The Bertz CT molecular complexity index is 855. The van der Waals surface area contributed by atoms with E-state index in [-0.39, 0.29) is 18.2 Å². The van der Waals surface area contributed by atoms with Crippen LogP contribution in [0, 0.1) is 11.3 Å². The zero-order valence-electron chi connectivity index (χ0n) is 13.9. The quantitative estimate of drug-likeness (QED) is 0.264. The number of carbonyl (C=O) groups excluding carboxylic acids is 3. The number of nitrogens with one attached hydrogen (secondary N) is 5. The van der Waals surface area contributed by atoms with Crippen molar-refractivity contribution in [3.05, 3.63) is 28.2 Å². The van der Waals surface area contributed by atoms with Gasteiger partial charge in [0.05, 0.1) is 23.5 Å². The third-order valence-corrected chi connectivity index (χ3v) is 4.92. The van der Waals surface area contributed by atoms with Crippen molar-refractivity contribution in [3.63, 3.8) is 0 Å². The highest BCUT2D eigenvalue weighted by molar-refractivity contribution is 6.60. The van der Waals surface area contributed by atoms with Crippen LogP contribution < -0.4 is 21.4 Å². The van der Waals surface area contributed by atoms with Crippen molar-refractivity contribution in [2.75, 3.05) is 12.0 Å². The van der Waals surface area contributed by atoms with Gasteiger partial charge in [0.25, 0.3) is 11.8 Å². The fourth-order valence-corrected chi connectivity index (χ4v) is 3.25. The Morgan fingerprint density at radius 3 is 2.67 bits per heavy atom. The number of benzene rings is 1. The van der Waals surface area contributed by atoms with Gasteiger partial charge in [-0.25, -0.2) is 4.79 Å². The lowest BCUT2D eigenvalue weighted by Crippen LogP contribution is -2.57. The molecular formula is C16H16Cl2N6O3. The highest BCUT2D eigenvalue weighted by Gasteiger charge is 2.56. The summed E-state index contributed by atoms with van der Waals surface area (Å²) in [5.74, 6) is -1.16. The van der Waals surface area contributed by atoms with Crippen molar-refractivity contribution < 1.29 is 14.4 Å². The molecule has 27 heavy (non-hydrogen) atoms. The van der Waals surface area contributed by atoms with E-state index in [2.05, 4.69) is 26.5 Å². The first-order valence-corrected chi connectivity index (χ1v) is 8.82. The second kappa shape index (κ2) is 7.53. The summed E-state index contributed by atoms with van der Waals surface area (Å²) < 4.78 is 0. The molecule has 5 N–H and O–H groups in total. The molecule has 0 unspecified atom stereocenters. The van der Waals surface area contributed by atoms with E-state index in [0.717, 1.165) is 19.1 Å². The molecule has 2 fully saturated rings.